The predicted octanol–water partition coefficient (Wildman–Crippen LogP) is 5.78. The van der Waals surface area contributed by atoms with E-state index in [9.17, 15) is 10.5 Å². The predicted molar refractivity (Wildman–Crippen MR) is 97.9 cm³/mol. The van der Waals surface area contributed by atoms with E-state index >= 15 is 0 Å². The average Bonchev–Trinajstić information content (AvgIpc) is 2.59. The van der Waals surface area contributed by atoms with Gasteiger partial charge in [-0.1, -0.05) is 41.5 Å². The maximum Gasteiger partial charge on any atom is 0.233 e. The monoisotopic (exact) mass is 374 g/mol. The highest BCUT2D eigenvalue weighted by molar-refractivity contribution is 4.86. The molecule has 6 nitrogen and oxygen atoms in total. The van der Waals surface area contributed by atoms with Gasteiger partial charge in [0.15, 0.2) is 0 Å². The van der Waals surface area contributed by atoms with Gasteiger partial charge in [-0.15, -0.1) is 0 Å². The fourth-order valence-electron chi connectivity index (χ4n) is 4.38. The quantitative estimate of drug-likeness (QED) is 0.361. The van der Waals surface area contributed by atoms with E-state index in [0.717, 1.165) is 25.7 Å². The van der Waals surface area contributed by atoms with Crippen molar-refractivity contribution in [1.29, 1.82) is 0 Å². The van der Waals surface area contributed by atoms with Gasteiger partial charge in [0, 0.05) is 25.7 Å². The molecule has 0 unspecified atom stereocenters. The van der Waals surface area contributed by atoms with Crippen LogP contribution in [0.5, 0.6) is 0 Å². The summed E-state index contributed by atoms with van der Waals surface area (Å²) in [5, 5.41) is 18.9. The molecule has 0 spiro atoms. The third kappa shape index (κ3) is 5.18. The minimum Gasteiger partial charge on any atom is -0.249 e. The molecule has 0 radical (unpaired) electrons. The van der Waals surface area contributed by atoms with Crippen molar-refractivity contribution in [3.8, 4) is 0 Å². The maximum atomic E-state index is 9.46. The zero-order valence-corrected chi connectivity index (χ0v) is 17.3. The lowest BCUT2D eigenvalue weighted by Crippen LogP contribution is -2.47. The first-order chi connectivity index (χ1) is 12.0. The lowest BCUT2D eigenvalue weighted by atomic mass is 9.71. The Hall–Kier alpha value is -0.240. The lowest BCUT2D eigenvalue weighted by Gasteiger charge is -2.44. The zero-order valence-electron chi connectivity index (χ0n) is 17.3. The van der Waals surface area contributed by atoms with Gasteiger partial charge in [-0.3, -0.25) is 0 Å². The molecule has 2 aliphatic rings. The smallest absolute Gasteiger partial charge is 0.233 e. The SMILES string of the molecule is CC(C)(C)C1CCC(OO)(OOC2(OO)CCC(C(C)(C)C)CC2)CC1. The van der Waals surface area contributed by atoms with Crippen molar-refractivity contribution in [2.24, 2.45) is 22.7 Å². The van der Waals surface area contributed by atoms with Crippen LogP contribution in [-0.2, 0) is 19.6 Å². The van der Waals surface area contributed by atoms with E-state index < -0.39 is 11.6 Å². The first-order valence-corrected chi connectivity index (χ1v) is 9.97. The Labute approximate surface area is 157 Å². The Morgan fingerprint density at radius 1 is 0.615 bits per heavy atom. The second-order valence-corrected chi connectivity index (χ2v) is 10.5. The van der Waals surface area contributed by atoms with Gasteiger partial charge in [-0.25, -0.2) is 20.3 Å². The normalized spacial score (nSPS) is 36.9. The van der Waals surface area contributed by atoms with Crippen molar-refractivity contribution in [2.45, 2.75) is 104 Å². The molecule has 0 bridgehead atoms. The lowest BCUT2D eigenvalue weighted by molar-refractivity contribution is -0.579. The van der Waals surface area contributed by atoms with Crippen LogP contribution in [0.25, 0.3) is 0 Å². The number of hydrogen-bond acceptors (Lipinski definition) is 6. The van der Waals surface area contributed by atoms with Crippen LogP contribution in [0, 0.1) is 22.7 Å². The molecule has 26 heavy (non-hydrogen) atoms. The molecule has 0 saturated heterocycles. The van der Waals surface area contributed by atoms with Gasteiger partial charge in [-0.05, 0) is 48.3 Å². The Morgan fingerprint density at radius 2 is 0.885 bits per heavy atom. The number of hydrogen-bond donors (Lipinski definition) is 2. The van der Waals surface area contributed by atoms with Crippen LogP contribution in [0.4, 0.5) is 0 Å². The molecule has 0 atom stereocenters. The highest BCUT2D eigenvalue weighted by Gasteiger charge is 2.47. The largest absolute Gasteiger partial charge is 0.249 e. The zero-order chi connectivity index (χ0) is 19.6. The summed E-state index contributed by atoms with van der Waals surface area (Å²) in [6, 6.07) is 0. The topological polar surface area (TPSA) is 77.4 Å². The molecule has 154 valence electrons. The van der Waals surface area contributed by atoms with Crippen LogP contribution in [0.15, 0.2) is 0 Å². The fourth-order valence-corrected chi connectivity index (χ4v) is 4.38. The first kappa shape index (κ1) is 22.1. The summed E-state index contributed by atoms with van der Waals surface area (Å²) in [6.45, 7) is 13.4. The van der Waals surface area contributed by atoms with E-state index in [1.54, 1.807) is 0 Å². The average molecular weight is 375 g/mol. The molecule has 2 aliphatic carbocycles. The third-order valence-electron chi connectivity index (χ3n) is 6.62. The summed E-state index contributed by atoms with van der Waals surface area (Å²) in [7, 11) is 0. The molecular weight excluding hydrogens is 336 g/mol. The molecule has 2 fully saturated rings. The van der Waals surface area contributed by atoms with Gasteiger partial charge >= 0.3 is 0 Å². The summed E-state index contributed by atoms with van der Waals surface area (Å²) in [4.78, 5) is 20.6. The van der Waals surface area contributed by atoms with E-state index in [1.165, 1.54) is 0 Å². The van der Waals surface area contributed by atoms with Crippen molar-refractivity contribution in [2.75, 3.05) is 0 Å². The minimum atomic E-state index is -1.19. The van der Waals surface area contributed by atoms with Crippen LogP contribution in [0.1, 0.15) is 92.9 Å². The number of rotatable bonds is 5. The van der Waals surface area contributed by atoms with E-state index in [-0.39, 0.29) is 10.8 Å². The molecule has 0 aromatic carbocycles. The van der Waals surface area contributed by atoms with Crippen molar-refractivity contribution >= 4 is 0 Å². The van der Waals surface area contributed by atoms with Gasteiger partial charge in [-0.2, -0.15) is 9.78 Å². The van der Waals surface area contributed by atoms with Crippen molar-refractivity contribution in [1.82, 2.24) is 0 Å². The second-order valence-electron chi connectivity index (χ2n) is 10.5. The molecule has 6 heteroatoms. The molecule has 0 aromatic heterocycles. The van der Waals surface area contributed by atoms with Crippen LogP contribution in [0.2, 0.25) is 0 Å². The maximum absolute atomic E-state index is 9.46. The molecule has 2 N–H and O–H groups in total. The summed E-state index contributed by atoms with van der Waals surface area (Å²) in [5.41, 5.74) is 0.423. The molecule has 0 heterocycles. The highest BCUT2D eigenvalue weighted by atomic mass is 17.3. The molecule has 2 saturated carbocycles. The Bertz CT molecular complexity index is 392. The fraction of sp³-hybridized carbons (Fsp3) is 1.00. The highest BCUT2D eigenvalue weighted by Crippen LogP contribution is 2.46. The van der Waals surface area contributed by atoms with Gasteiger partial charge < -0.3 is 0 Å². The molecule has 0 aromatic rings. The Balaban J connectivity index is 1.93. The van der Waals surface area contributed by atoms with E-state index in [2.05, 4.69) is 41.5 Å². The van der Waals surface area contributed by atoms with E-state index in [4.69, 9.17) is 19.6 Å². The third-order valence-corrected chi connectivity index (χ3v) is 6.62. The van der Waals surface area contributed by atoms with Crippen LogP contribution < -0.4 is 0 Å². The van der Waals surface area contributed by atoms with Crippen LogP contribution >= 0.6 is 0 Å². The second kappa shape index (κ2) is 8.02. The van der Waals surface area contributed by atoms with Gasteiger partial charge in [0.05, 0.1) is 0 Å². The van der Waals surface area contributed by atoms with Crippen molar-refractivity contribution in [3.63, 3.8) is 0 Å². The van der Waals surface area contributed by atoms with E-state index in [1.807, 2.05) is 0 Å². The first-order valence-electron chi connectivity index (χ1n) is 9.97. The van der Waals surface area contributed by atoms with Gasteiger partial charge in [0.25, 0.3) is 0 Å². The molecular formula is C20H38O6. The standard InChI is InChI=1S/C20H38O6/c1-17(2,3)15-7-11-19(23-21,12-8-15)25-26-20(24-22)13-9-16(10-14-20)18(4,5)6/h15-16,21-22H,7-14H2,1-6H3. The van der Waals surface area contributed by atoms with Crippen molar-refractivity contribution in [3.05, 3.63) is 0 Å². The van der Waals surface area contributed by atoms with Crippen LogP contribution in [-0.4, -0.2) is 22.1 Å². The van der Waals surface area contributed by atoms with E-state index in [0.29, 0.717) is 37.5 Å². The van der Waals surface area contributed by atoms with Crippen LogP contribution in [0.3, 0.4) is 0 Å². The summed E-state index contributed by atoms with van der Waals surface area (Å²) in [6.07, 6.45) is 5.68. The molecule has 2 rings (SSSR count). The van der Waals surface area contributed by atoms with Crippen molar-refractivity contribution < 1.29 is 30.1 Å². The Morgan fingerprint density at radius 3 is 1.08 bits per heavy atom. The Kier molecular flexibility index (Phi) is 6.80. The molecule has 0 aliphatic heterocycles. The van der Waals surface area contributed by atoms with Gasteiger partial charge in [0.1, 0.15) is 0 Å². The molecule has 0 amide bonds. The summed E-state index contributed by atoms with van der Waals surface area (Å²) < 4.78 is 0. The summed E-state index contributed by atoms with van der Waals surface area (Å²) in [5.74, 6) is -1.29. The minimum absolute atomic E-state index is 0.212. The van der Waals surface area contributed by atoms with Gasteiger partial charge in [0.2, 0.25) is 11.6 Å². The summed E-state index contributed by atoms with van der Waals surface area (Å²) >= 11 is 0.